The topological polar surface area (TPSA) is 73.2 Å². The second-order valence-electron chi connectivity index (χ2n) is 8.14. The van der Waals surface area contributed by atoms with Crippen molar-refractivity contribution in [2.24, 2.45) is 0 Å². The molecule has 2 aliphatic rings. The third-order valence-electron chi connectivity index (χ3n) is 6.05. The van der Waals surface area contributed by atoms with E-state index in [0.717, 1.165) is 56.2 Å². The summed E-state index contributed by atoms with van der Waals surface area (Å²) in [4.78, 5) is 7.75. The van der Waals surface area contributed by atoms with Crippen molar-refractivity contribution in [3.05, 3.63) is 45.5 Å². The molecule has 0 amide bonds. The molecule has 0 aliphatic carbocycles. The number of aromatic nitrogens is 3. The van der Waals surface area contributed by atoms with E-state index in [1.807, 2.05) is 6.07 Å². The van der Waals surface area contributed by atoms with E-state index < -0.39 is 5.82 Å². The lowest BCUT2D eigenvalue weighted by molar-refractivity contribution is 0.237. The second-order valence-corrected chi connectivity index (χ2v) is 8.92. The maximum atomic E-state index is 14.0. The van der Waals surface area contributed by atoms with Crippen molar-refractivity contribution in [2.45, 2.75) is 25.3 Å². The highest BCUT2D eigenvalue weighted by Crippen LogP contribution is 2.37. The first-order chi connectivity index (χ1) is 15.0. The molecule has 7 nitrogen and oxygen atoms in total. The molecule has 5 rings (SSSR count). The molecule has 2 aliphatic heterocycles. The van der Waals surface area contributed by atoms with Crippen LogP contribution in [-0.4, -0.2) is 53.3 Å². The van der Waals surface area contributed by atoms with Crippen LogP contribution in [0.25, 0.3) is 11.6 Å². The predicted molar refractivity (Wildman–Crippen MR) is 120 cm³/mol. The molecule has 2 N–H and O–H groups in total. The molecular formula is C21H23Cl2FN6O. The van der Waals surface area contributed by atoms with Crippen molar-refractivity contribution < 1.29 is 8.81 Å². The number of anilines is 2. The van der Waals surface area contributed by atoms with Crippen LogP contribution in [0.1, 0.15) is 30.2 Å². The Balaban J connectivity index is 1.39. The second kappa shape index (κ2) is 8.33. The maximum Gasteiger partial charge on any atom is 0.264 e. The number of nitrogens with one attached hydrogen (secondary N) is 2. The third kappa shape index (κ3) is 4.00. The Labute approximate surface area is 189 Å². The van der Waals surface area contributed by atoms with E-state index in [4.69, 9.17) is 27.6 Å². The summed E-state index contributed by atoms with van der Waals surface area (Å²) < 4.78 is 20.0. The van der Waals surface area contributed by atoms with Gasteiger partial charge in [-0.15, -0.1) is 10.2 Å². The van der Waals surface area contributed by atoms with Crippen molar-refractivity contribution in [1.29, 1.82) is 0 Å². The molecular weight excluding hydrogens is 442 g/mol. The summed E-state index contributed by atoms with van der Waals surface area (Å²) in [5.74, 6) is 1.84. The number of H-pyrrole nitrogens is 1. The minimum Gasteiger partial charge on any atom is -0.419 e. The summed E-state index contributed by atoms with van der Waals surface area (Å²) in [7, 11) is 2.13. The number of piperidine rings is 1. The van der Waals surface area contributed by atoms with E-state index in [0.29, 0.717) is 34.8 Å². The summed E-state index contributed by atoms with van der Waals surface area (Å²) in [6, 6.07) is 4.78. The predicted octanol–water partition coefficient (Wildman–Crippen LogP) is 4.75. The zero-order valence-corrected chi connectivity index (χ0v) is 18.6. The molecule has 10 heteroatoms. The molecule has 0 atom stereocenters. The lowest BCUT2D eigenvalue weighted by atomic mass is 9.97. The van der Waals surface area contributed by atoms with Crippen molar-refractivity contribution in [1.82, 2.24) is 20.1 Å². The first-order valence-corrected chi connectivity index (χ1v) is 11.1. The van der Waals surface area contributed by atoms with Gasteiger partial charge >= 0.3 is 0 Å². The van der Waals surface area contributed by atoms with Gasteiger partial charge in [0.1, 0.15) is 17.3 Å². The van der Waals surface area contributed by atoms with Crippen LogP contribution in [0.2, 0.25) is 10.0 Å². The summed E-state index contributed by atoms with van der Waals surface area (Å²) in [6.45, 7) is 3.90. The zero-order valence-electron chi connectivity index (χ0n) is 17.1. The third-order valence-corrected chi connectivity index (χ3v) is 6.81. The first-order valence-electron chi connectivity index (χ1n) is 10.4. The van der Waals surface area contributed by atoms with Crippen LogP contribution < -0.4 is 10.2 Å². The molecule has 31 heavy (non-hydrogen) atoms. The van der Waals surface area contributed by atoms with E-state index in [1.54, 1.807) is 0 Å². The number of hydrogen-bond donors (Lipinski definition) is 2. The van der Waals surface area contributed by atoms with Crippen molar-refractivity contribution in [3.8, 4) is 11.6 Å². The van der Waals surface area contributed by atoms with Crippen molar-refractivity contribution in [2.75, 3.05) is 43.4 Å². The van der Waals surface area contributed by atoms with Gasteiger partial charge in [-0.3, -0.25) is 0 Å². The quantitative estimate of drug-likeness (QED) is 0.542. The Morgan fingerprint density at radius 2 is 2.00 bits per heavy atom. The first kappa shape index (κ1) is 20.6. The largest absolute Gasteiger partial charge is 0.419 e. The van der Waals surface area contributed by atoms with Crippen LogP contribution in [0, 0.1) is 5.82 Å². The molecule has 0 bridgehead atoms. The highest BCUT2D eigenvalue weighted by atomic mass is 35.5. The number of rotatable bonds is 4. The average molecular weight is 465 g/mol. The standard InChI is InChI=1S/C21H23Cl2FN6O/c1-29-7-4-12(5-8-29)20-27-28-21(31-20)16-10-17-19(26-16)25-6-9-30(17)11-13-14(22)2-3-15(24)18(13)23/h2-3,10,12,25-26H,4-9,11H2,1H3. The van der Waals surface area contributed by atoms with Crippen LogP contribution in [0.4, 0.5) is 15.9 Å². The number of fused-ring (bicyclic) bond motifs is 1. The van der Waals surface area contributed by atoms with E-state index in [2.05, 4.69) is 37.3 Å². The molecule has 0 saturated carbocycles. The highest BCUT2D eigenvalue weighted by molar-refractivity contribution is 6.36. The van der Waals surface area contributed by atoms with Gasteiger partial charge < -0.3 is 24.5 Å². The number of halogens is 3. The Hall–Kier alpha value is -2.29. The fourth-order valence-electron chi connectivity index (χ4n) is 4.21. The minimum absolute atomic E-state index is 0.0583. The molecule has 1 aromatic carbocycles. The van der Waals surface area contributed by atoms with Gasteiger partial charge in [0.25, 0.3) is 5.89 Å². The van der Waals surface area contributed by atoms with Gasteiger partial charge in [-0.05, 0) is 51.2 Å². The lowest BCUT2D eigenvalue weighted by Gasteiger charge is -2.30. The minimum atomic E-state index is -0.474. The van der Waals surface area contributed by atoms with E-state index in [9.17, 15) is 4.39 Å². The highest BCUT2D eigenvalue weighted by Gasteiger charge is 2.26. The van der Waals surface area contributed by atoms with Crippen molar-refractivity contribution >= 4 is 34.7 Å². The number of hydrogen-bond acceptors (Lipinski definition) is 6. The van der Waals surface area contributed by atoms with Gasteiger partial charge in [0.2, 0.25) is 5.89 Å². The Kier molecular flexibility index (Phi) is 5.54. The van der Waals surface area contributed by atoms with E-state index >= 15 is 0 Å². The van der Waals surface area contributed by atoms with Gasteiger partial charge in [-0.1, -0.05) is 23.2 Å². The lowest BCUT2D eigenvalue weighted by Crippen LogP contribution is -2.33. The average Bonchev–Trinajstić information content (AvgIpc) is 3.42. The van der Waals surface area contributed by atoms with Crippen LogP contribution in [0.5, 0.6) is 0 Å². The number of aromatic amines is 1. The summed E-state index contributed by atoms with van der Waals surface area (Å²) >= 11 is 12.5. The number of nitrogens with zero attached hydrogens (tertiary/aromatic N) is 4. The van der Waals surface area contributed by atoms with Gasteiger partial charge in [0, 0.05) is 36.1 Å². The maximum absolute atomic E-state index is 14.0. The van der Waals surface area contributed by atoms with E-state index in [-0.39, 0.29) is 5.02 Å². The van der Waals surface area contributed by atoms with Crippen LogP contribution in [0.15, 0.2) is 22.6 Å². The molecule has 164 valence electrons. The monoisotopic (exact) mass is 464 g/mol. The summed E-state index contributed by atoms with van der Waals surface area (Å²) in [6.07, 6.45) is 2.04. The van der Waals surface area contributed by atoms with Crippen LogP contribution >= 0.6 is 23.2 Å². The van der Waals surface area contributed by atoms with Crippen molar-refractivity contribution in [3.63, 3.8) is 0 Å². The smallest absolute Gasteiger partial charge is 0.264 e. The Morgan fingerprint density at radius 3 is 2.81 bits per heavy atom. The fraction of sp³-hybridized carbons (Fsp3) is 0.429. The molecule has 0 unspecified atom stereocenters. The summed E-state index contributed by atoms with van der Waals surface area (Å²) in [5.41, 5.74) is 2.24. The van der Waals surface area contributed by atoms with Gasteiger partial charge in [-0.2, -0.15) is 0 Å². The number of benzene rings is 1. The molecule has 1 saturated heterocycles. The van der Waals surface area contributed by atoms with Crippen LogP contribution in [0.3, 0.4) is 0 Å². The molecule has 4 heterocycles. The van der Waals surface area contributed by atoms with Gasteiger partial charge in [0.15, 0.2) is 0 Å². The Bertz CT molecular complexity index is 1090. The molecule has 2 aromatic heterocycles. The van der Waals surface area contributed by atoms with Gasteiger partial charge in [-0.25, -0.2) is 4.39 Å². The zero-order chi connectivity index (χ0) is 21.5. The summed E-state index contributed by atoms with van der Waals surface area (Å²) in [5, 5.41) is 12.4. The Morgan fingerprint density at radius 1 is 1.19 bits per heavy atom. The van der Waals surface area contributed by atoms with Gasteiger partial charge in [0.05, 0.1) is 10.7 Å². The molecule has 1 fully saturated rings. The SMILES string of the molecule is CN1CCC(c2nnc(-c3cc4c([nH]3)NCCN4Cc3c(Cl)ccc(F)c3Cl)o2)CC1. The molecule has 0 spiro atoms. The van der Waals surface area contributed by atoms with E-state index in [1.165, 1.54) is 12.1 Å². The number of likely N-dealkylation sites (tertiary alicyclic amines) is 1. The molecule has 3 aromatic rings. The molecule has 0 radical (unpaired) electrons. The normalized spacial score (nSPS) is 17.6. The fourth-order valence-corrected chi connectivity index (χ4v) is 4.70. The van der Waals surface area contributed by atoms with Crippen LogP contribution in [-0.2, 0) is 6.54 Å².